The van der Waals surface area contributed by atoms with Crippen molar-refractivity contribution in [1.82, 2.24) is 0 Å². The van der Waals surface area contributed by atoms with Gasteiger partial charge in [-0.25, -0.2) is 0 Å². The van der Waals surface area contributed by atoms with E-state index in [1.807, 2.05) is 31.2 Å². The highest BCUT2D eigenvalue weighted by atomic mass is 16.3. The van der Waals surface area contributed by atoms with Crippen LogP contribution in [0.25, 0.3) is 11.0 Å². The summed E-state index contributed by atoms with van der Waals surface area (Å²) in [4.78, 5) is 0. The molecule has 2 heteroatoms. The highest BCUT2D eigenvalue weighted by Crippen LogP contribution is 2.36. The first kappa shape index (κ1) is 11.5. The Morgan fingerprint density at radius 2 is 2.06 bits per heavy atom. The molecular weight excluding hydrogens is 224 g/mol. The zero-order chi connectivity index (χ0) is 12.5. The second kappa shape index (κ2) is 4.62. The second-order valence-corrected chi connectivity index (χ2v) is 5.00. The van der Waals surface area contributed by atoms with Crippen LogP contribution in [0.2, 0.25) is 0 Å². The van der Waals surface area contributed by atoms with Crippen LogP contribution in [0.4, 0.5) is 0 Å². The largest absolute Gasteiger partial charge is 0.461 e. The van der Waals surface area contributed by atoms with Crippen molar-refractivity contribution in [2.24, 2.45) is 0 Å². The van der Waals surface area contributed by atoms with E-state index in [1.165, 1.54) is 12.8 Å². The van der Waals surface area contributed by atoms with E-state index in [2.05, 4.69) is 6.08 Å². The lowest BCUT2D eigenvalue weighted by Crippen LogP contribution is -2.05. The van der Waals surface area contributed by atoms with Crippen molar-refractivity contribution < 1.29 is 9.52 Å². The van der Waals surface area contributed by atoms with Crippen molar-refractivity contribution in [1.29, 1.82) is 0 Å². The van der Waals surface area contributed by atoms with Crippen molar-refractivity contribution >= 4 is 11.0 Å². The van der Waals surface area contributed by atoms with Crippen LogP contribution in [-0.2, 0) is 0 Å². The van der Waals surface area contributed by atoms with Gasteiger partial charge in [0.2, 0.25) is 0 Å². The maximum Gasteiger partial charge on any atom is 0.134 e. The summed E-state index contributed by atoms with van der Waals surface area (Å²) in [7, 11) is 0. The van der Waals surface area contributed by atoms with Crippen LogP contribution in [0.15, 0.2) is 40.3 Å². The Bertz CT molecular complexity index is 592. The summed E-state index contributed by atoms with van der Waals surface area (Å²) in [6.45, 7) is 1.93. The van der Waals surface area contributed by atoms with Gasteiger partial charge in [0.25, 0.3) is 0 Å². The van der Waals surface area contributed by atoms with E-state index in [0.717, 1.165) is 40.7 Å². The predicted octanol–water partition coefficient (Wildman–Crippen LogP) is 4.28. The average molecular weight is 242 g/mol. The third kappa shape index (κ3) is 1.87. The Kier molecular flexibility index (Phi) is 2.96. The molecule has 1 N–H and O–H groups in total. The van der Waals surface area contributed by atoms with Gasteiger partial charge in [-0.1, -0.05) is 24.3 Å². The third-order valence-corrected chi connectivity index (χ3v) is 3.77. The van der Waals surface area contributed by atoms with Crippen LogP contribution in [0.5, 0.6) is 0 Å². The highest BCUT2D eigenvalue weighted by Gasteiger charge is 2.22. The van der Waals surface area contributed by atoms with Gasteiger partial charge in [-0.3, -0.25) is 0 Å². The van der Waals surface area contributed by atoms with Gasteiger partial charge in [-0.15, -0.1) is 0 Å². The number of furan rings is 1. The topological polar surface area (TPSA) is 33.4 Å². The normalized spacial score (nSPS) is 17.8. The van der Waals surface area contributed by atoms with Crippen molar-refractivity contribution in [2.75, 3.05) is 0 Å². The first-order valence-electron chi connectivity index (χ1n) is 6.62. The number of aryl methyl sites for hydroxylation is 1. The Balaban J connectivity index is 2.08. The van der Waals surface area contributed by atoms with Crippen LogP contribution in [0.1, 0.15) is 43.1 Å². The second-order valence-electron chi connectivity index (χ2n) is 5.00. The quantitative estimate of drug-likeness (QED) is 0.797. The molecule has 1 aliphatic carbocycles. The molecule has 1 aliphatic rings. The van der Waals surface area contributed by atoms with E-state index in [-0.39, 0.29) is 0 Å². The van der Waals surface area contributed by atoms with Crippen LogP contribution < -0.4 is 0 Å². The SMILES string of the molecule is Cc1oc2ccccc2c1C(O)C1=CCCCC1. The molecule has 0 amide bonds. The standard InChI is InChI=1S/C16H18O2/c1-11-15(13-9-5-6-10-14(13)18-11)16(17)12-7-3-2-4-8-12/h5-7,9-10,16-17H,2-4,8H2,1H3. The molecule has 1 unspecified atom stereocenters. The number of fused-ring (bicyclic) bond motifs is 1. The molecule has 1 atom stereocenters. The molecule has 1 aromatic heterocycles. The lowest BCUT2D eigenvalue weighted by atomic mass is 9.90. The fourth-order valence-corrected chi connectivity index (χ4v) is 2.82. The number of benzene rings is 1. The van der Waals surface area contributed by atoms with Gasteiger partial charge in [0.1, 0.15) is 17.4 Å². The first-order chi connectivity index (χ1) is 8.77. The Morgan fingerprint density at radius 1 is 1.22 bits per heavy atom. The molecule has 94 valence electrons. The first-order valence-corrected chi connectivity index (χ1v) is 6.62. The molecular formula is C16H18O2. The molecule has 0 radical (unpaired) electrons. The van der Waals surface area contributed by atoms with Gasteiger partial charge in [0, 0.05) is 10.9 Å². The third-order valence-electron chi connectivity index (χ3n) is 3.77. The molecule has 1 aromatic carbocycles. The smallest absolute Gasteiger partial charge is 0.134 e. The number of para-hydroxylation sites is 1. The Hall–Kier alpha value is -1.54. The summed E-state index contributed by atoms with van der Waals surface area (Å²) in [5, 5.41) is 11.6. The maximum atomic E-state index is 10.6. The molecule has 2 aromatic rings. The number of aliphatic hydroxyl groups is 1. The maximum absolute atomic E-state index is 10.6. The fourth-order valence-electron chi connectivity index (χ4n) is 2.82. The van der Waals surface area contributed by atoms with Crippen molar-refractivity contribution in [2.45, 2.75) is 38.7 Å². The minimum atomic E-state index is -0.506. The van der Waals surface area contributed by atoms with Gasteiger partial charge >= 0.3 is 0 Å². The fraction of sp³-hybridized carbons (Fsp3) is 0.375. The zero-order valence-electron chi connectivity index (χ0n) is 10.6. The van der Waals surface area contributed by atoms with Gasteiger partial charge in [0.15, 0.2) is 0 Å². The van der Waals surface area contributed by atoms with Crippen LogP contribution in [-0.4, -0.2) is 5.11 Å². The molecule has 0 fully saturated rings. The predicted molar refractivity (Wildman–Crippen MR) is 72.5 cm³/mol. The van der Waals surface area contributed by atoms with Gasteiger partial charge in [-0.2, -0.15) is 0 Å². The van der Waals surface area contributed by atoms with E-state index in [0.29, 0.717) is 0 Å². The molecule has 2 nitrogen and oxygen atoms in total. The lowest BCUT2D eigenvalue weighted by molar-refractivity contribution is 0.207. The Labute approximate surface area is 107 Å². The molecule has 1 heterocycles. The molecule has 0 bridgehead atoms. The van der Waals surface area contributed by atoms with E-state index < -0.39 is 6.10 Å². The van der Waals surface area contributed by atoms with Gasteiger partial charge < -0.3 is 9.52 Å². The van der Waals surface area contributed by atoms with E-state index in [4.69, 9.17) is 4.42 Å². The van der Waals surface area contributed by atoms with Crippen LogP contribution in [0.3, 0.4) is 0 Å². The van der Waals surface area contributed by atoms with E-state index in [9.17, 15) is 5.11 Å². The van der Waals surface area contributed by atoms with E-state index in [1.54, 1.807) is 0 Å². The number of hydrogen-bond donors (Lipinski definition) is 1. The Morgan fingerprint density at radius 3 is 2.83 bits per heavy atom. The van der Waals surface area contributed by atoms with Gasteiger partial charge in [-0.05, 0) is 44.2 Å². The zero-order valence-corrected chi connectivity index (χ0v) is 10.6. The average Bonchev–Trinajstić information content (AvgIpc) is 2.75. The van der Waals surface area contributed by atoms with Crippen molar-refractivity contribution in [3.05, 3.63) is 47.2 Å². The summed E-state index contributed by atoms with van der Waals surface area (Å²) in [5.41, 5.74) is 2.95. The summed E-state index contributed by atoms with van der Waals surface area (Å²) < 4.78 is 5.72. The number of hydrogen-bond acceptors (Lipinski definition) is 2. The minimum Gasteiger partial charge on any atom is -0.461 e. The summed E-state index contributed by atoms with van der Waals surface area (Å²) >= 11 is 0. The molecule has 18 heavy (non-hydrogen) atoms. The highest BCUT2D eigenvalue weighted by molar-refractivity contribution is 5.83. The van der Waals surface area contributed by atoms with Crippen molar-refractivity contribution in [3.8, 4) is 0 Å². The molecule has 0 saturated carbocycles. The minimum absolute atomic E-state index is 0.506. The van der Waals surface area contributed by atoms with Crippen LogP contribution in [0, 0.1) is 6.92 Å². The summed E-state index contributed by atoms with van der Waals surface area (Å²) in [5.74, 6) is 0.829. The molecule has 3 rings (SSSR count). The molecule has 0 aliphatic heterocycles. The lowest BCUT2D eigenvalue weighted by Gasteiger charge is -2.18. The monoisotopic (exact) mass is 242 g/mol. The number of rotatable bonds is 2. The van der Waals surface area contributed by atoms with Crippen molar-refractivity contribution in [3.63, 3.8) is 0 Å². The summed E-state index contributed by atoms with van der Waals surface area (Å²) in [6.07, 6.45) is 6.18. The molecule has 0 saturated heterocycles. The molecule has 0 spiro atoms. The van der Waals surface area contributed by atoms with E-state index >= 15 is 0 Å². The number of aliphatic hydroxyl groups excluding tert-OH is 1. The number of allylic oxidation sites excluding steroid dienone is 1. The summed E-state index contributed by atoms with van der Waals surface area (Å²) in [6, 6.07) is 7.92. The van der Waals surface area contributed by atoms with Crippen LogP contribution >= 0.6 is 0 Å². The van der Waals surface area contributed by atoms with Gasteiger partial charge in [0.05, 0.1) is 0 Å².